The van der Waals surface area contributed by atoms with Gasteiger partial charge in [0.05, 0.1) is 0 Å². The topological polar surface area (TPSA) is 76.8 Å². The molecule has 4 N–H and O–H groups in total. The van der Waals surface area contributed by atoms with Gasteiger partial charge in [0.25, 0.3) is 0 Å². The molecule has 2 rings (SSSR count). The van der Waals surface area contributed by atoms with Crippen LogP contribution in [0.15, 0.2) is 10.2 Å². The molecule has 1 atom stereocenters. The maximum absolute atomic E-state index is 5.29. The third kappa shape index (κ3) is 2.49. The lowest BCUT2D eigenvalue weighted by molar-refractivity contribution is 0.423. The number of guanidine groups is 1. The molecular weight excluding hydrogens is 188 g/mol. The number of rotatable bonds is 2. The number of nitrogens with zero attached hydrogens (tertiary/aromatic N) is 2. The van der Waals surface area contributed by atoms with Crippen molar-refractivity contribution in [1.29, 1.82) is 0 Å². The standard InChI is InChI=1S/C11H20N4/c12-11(13)15-14-10-7-3-6-9(10)8-4-1-2-5-8/h8-9H,1-7H2,(H4,12,13,15)/b14-10-. The molecule has 4 heteroatoms. The summed E-state index contributed by atoms with van der Waals surface area (Å²) >= 11 is 0. The van der Waals surface area contributed by atoms with Crippen molar-refractivity contribution in [2.45, 2.75) is 44.9 Å². The lowest BCUT2D eigenvalue weighted by Crippen LogP contribution is -2.22. The predicted octanol–water partition coefficient (Wildman–Crippen LogP) is 1.61. The van der Waals surface area contributed by atoms with E-state index in [0.717, 1.165) is 12.3 Å². The van der Waals surface area contributed by atoms with Crippen molar-refractivity contribution in [2.75, 3.05) is 0 Å². The highest BCUT2D eigenvalue weighted by atomic mass is 15.3. The smallest absolute Gasteiger partial charge is 0.211 e. The molecule has 4 nitrogen and oxygen atoms in total. The molecule has 0 spiro atoms. The summed E-state index contributed by atoms with van der Waals surface area (Å²) < 4.78 is 0. The molecule has 15 heavy (non-hydrogen) atoms. The van der Waals surface area contributed by atoms with E-state index in [9.17, 15) is 0 Å². The first-order valence-electron chi connectivity index (χ1n) is 5.92. The Morgan fingerprint density at radius 1 is 1.07 bits per heavy atom. The van der Waals surface area contributed by atoms with Gasteiger partial charge in [0.1, 0.15) is 0 Å². The van der Waals surface area contributed by atoms with Crippen LogP contribution in [0.1, 0.15) is 44.9 Å². The molecule has 0 aromatic carbocycles. The highest BCUT2D eigenvalue weighted by Gasteiger charge is 2.32. The highest BCUT2D eigenvalue weighted by Crippen LogP contribution is 2.38. The van der Waals surface area contributed by atoms with Gasteiger partial charge in [-0.15, -0.1) is 5.10 Å². The van der Waals surface area contributed by atoms with E-state index in [1.54, 1.807) is 0 Å². The fraction of sp³-hybridized carbons (Fsp3) is 0.818. The summed E-state index contributed by atoms with van der Waals surface area (Å²) in [6.07, 6.45) is 9.12. The first-order chi connectivity index (χ1) is 7.27. The van der Waals surface area contributed by atoms with E-state index in [4.69, 9.17) is 11.5 Å². The number of nitrogens with two attached hydrogens (primary N) is 2. The van der Waals surface area contributed by atoms with Crippen molar-refractivity contribution in [1.82, 2.24) is 0 Å². The Labute approximate surface area is 90.8 Å². The Morgan fingerprint density at radius 2 is 1.80 bits per heavy atom. The molecule has 0 heterocycles. The van der Waals surface area contributed by atoms with Crippen LogP contribution in [0, 0.1) is 11.8 Å². The minimum absolute atomic E-state index is 0.0690. The van der Waals surface area contributed by atoms with Crippen LogP contribution in [0.2, 0.25) is 0 Å². The van der Waals surface area contributed by atoms with E-state index < -0.39 is 0 Å². The summed E-state index contributed by atoms with van der Waals surface area (Å²) in [6, 6.07) is 0. The Morgan fingerprint density at radius 3 is 2.47 bits per heavy atom. The first-order valence-corrected chi connectivity index (χ1v) is 5.92. The zero-order valence-electron chi connectivity index (χ0n) is 9.15. The highest BCUT2D eigenvalue weighted by molar-refractivity contribution is 5.89. The Kier molecular flexibility index (Phi) is 3.23. The van der Waals surface area contributed by atoms with Crippen LogP contribution in [0.25, 0.3) is 0 Å². The van der Waals surface area contributed by atoms with E-state index >= 15 is 0 Å². The van der Waals surface area contributed by atoms with Gasteiger partial charge in [0.2, 0.25) is 5.96 Å². The minimum Gasteiger partial charge on any atom is -0.369 e. The molecule has 0 bridgehead atoms. The van der Waals surface area contributed by atoms with E-state index in [1.807, 2.05) is 0 Å². The van der Waals surface area contributed by atoms with Crippen LogP contribution >= 0.6 is 0 Å². The van der Waals surface area contributed by atoms with Gasteiger partial charge in [-0.3, -0.25) is 0 Å². The number of hydrogen-bond donors (Lipinski definition) is 2. The Bertz CT molecular complexity index is 272. The van der Waals surface area contributed by atoms with Gasteiger partial charge >= 0.3 is 0 Å². The van der Waals surface area contributed by atoms with Crippen molar-refractivity contribution in [2.24, 2.45) is 33.5 Å². The largest absolute Gasteiger partial charge is 0.369 e. The van der Waals surface area contributed by atoms with Gasteiger partial charge in [0.15, 0.2) is 0 Å². The van der Waals surface area contributed by atoms with Crippen molar-refractivity contribution in [3.63, 3.8) is 0 Å². The van der Waals surface area contributed by atoms with Gasteiger partial charge in [-0.2, -0.15) is 5.10 Å². The molecule has 2 fully saturated rings. The van der Waals surface area contributed by atoms with Gasteiger partial charge in [0, 0.05) is 11.6 Å². The minimum atomic E-state index is 0.0690. The van der Waals surface area contributed by atoms with E-state index in [-0.39, 0.29) is 5.96 Å². The third-order valence-electron chi connectivity index (χ3n) is 3.64. The first kappa shape index (κ1) is 10.5. The second-order valence-corrected chi connectivity index (χ2v) is 4.66. The zero-order chi connectivity index (χ0) is 10.7. The summed E-state index contributed by atoms with van der Waals surface area (Å²) in [7, 11) is 0. The average Bonchev–Trinajstić information content (AvgIpc) is 2.85. The van der Waals surface area contributed by atoms with Crippen LogP contribution in [-0.2, 0) is 0 Å². The molecule has 0 aromatic heterocycles. The lowest BCUT2D eigenvalue weighted by atomic mass is 9.88. The molecule has 84 valence electrons. The quantitative estimate of drug-likeness (QED) is 0.411. The second-order valence-electron chi connectivity index (χ2n) is 4.66. The van der Waals surface area contributed by atoms with Crippen LogP contribution < -0.4 is 11.5 Å². The monoisotopic (exact) mass is 208 g/mol. The third-order valence-corrected chi connectivity index (χ3v) is 3.64. The summed E-state index contributed by atoms with van der Waals surface area (Å²) in [5, 5.41) is 7.99. The van der Waals surface area contributed by atoms with Crippen molar-refractivity contribution in [3.8, 4) is 0 Å². The summed E-state index contributed by atoms with van der Waals surface area (Å²) in [4.78, 5) is 0. The SMILES string of the molecule is NC(N)=N/N=C1/CCCC1C1CCCC1. The Balaban J connectivity index is 2.04. The molecular formula is C11H20N4. The van der Waals surface area contributed by atoms with Crippen LogP contribution in [0.3, 0.4) is 0 Å². The molecule has 0 saturated heterocycles. The fourth-order valence-corrected chi connectivity index (χ4v) is 2.97. The van der Waals surface area contributed by atoms with Crippen molar-refractivity contribution in [3.05, 3.63) is 0 Å². The van der Waals surface area contributed by atoms with Crippen LogP contribution in [0.5, 0.6) is 0 Å². The molecule has 1 unspecified atom stereocenters. The molecule has 0 aliphatic heterocycles. The molecule has 2 saturated carbocycles. The maximum Gasteiger partial charge on any atom is 0.211 e. The van der Waals surface area contributed by atoms with E-state index in [2.05, 4.69) is 10.2 Å². The summed E-state index contributed by atoms with van der Waals surface area (Å²) in [5.41, 5.74) is 11.8. The molecule has 0 aromatic rings. The van der Waals surface area contributed by atoms with Gasteiger partial charge in [-0.1, -0.05) is 12.8 Å². The fourth-order valence-electron chi connectivity index (χ4n) is 2.97. The zero-order valence-corrected chi connectivity index (χ0v) is 9.15. The second kappa shape index (κ2) is 4.64. The molecule has 0 radical (unpaired) electrons. The van der Waals surface area contributed by atoms with Gasteiger partial charge in [-0.25, -0.2) is 0 Å². The summed E-state index contributed by atoms with van der Waals surface area (Å²) in [6.45, 7) is 0. The van der Waals surface area contributed by atoms with Crippen molar-refractivity contribution >= 4 is 11.7 Å². The molecule has 2 aliphatic carbocycles. The Hall–Kier alpha value is -1.06. The van der Waals surface area contributed by atoms with E-state index in [0.29, 0.717) is 5.92 Å². The van der Waals surface area contributed by atoms with Crippen LogP contribution in [0.4, 0.5) is 0 Å². The van der Waals surface area contributed by atoms with E-state index in [1.165, 1.54) is 44.2 Å². The molecule has 0 amide bonds. The van der Waals surface area contributed by atoms with Crippen LogP contribution in [-0.4, -0.2) is 11.7 Å². The van der Waals surface area contributed by atoms with Gasteiger partial charge in [-0.05, 0) is 38.0 Å². The maximum atomic E-state index is 5.29. The summed E-state index contributed by atoms with van der Waals surface area (Å²) in [5.74, 6) is 1.58. The lowest BCUT2D eigenvalue weighted by Gasteiger charge is -2.17. The van der Waals surface area contributed by atoms with Gasteiger partial charge < -0.3 is 11.5 Å². The molecule has 2 aliphatic rings. The normalized spacial score (nSPS) is 29.9. The predicted molar refractivity (Wildman–Crippen MR) is 62.5 cm³/mol. The number of hydrogen-bond acceptors (Lipinski definition) is 2. The van der Waals surface area contributed by atoms with Crippen molar-refractivity contribution < 1.29 is 0 Å². The average molecular weight is 208 g/mol.